The van der Waals surface area contributed by atoms with Crippen molar-refractivity contribution in [2.24, 2.45) is 0 Å². The molecular formula is C48H40O12. The van der Waals surface area contributed by atoms with Crippen molar-refractivity contribution in [2.45, 2.75) is 49.7 Å². The van der Waals surface area contributed by atoms with E-state index in [4.69, 9.17) is 32.8 Å². The number of hydrogen-bond donors (Lipinski definition) is 4. The number of aliphatic hydroxyl groups is 4. The molecule has 9 rings (SSSR count). The van der Waals surface area contributed by atoms with Gasteiger partial charge >= 0.3 is 5.79 Å². The number of benzene rings is 6. The third-order valence-corrected chi connectivity index (χ3v) is 10.5. The summed E-state index contributed by atoms with van der Waals surface area (Å²) in [6, 6.07) is 46.2. The van der Waals surface area contributed by atoms with Crippen LogP contribution in [0.5, 0.6) is 28.7 Å². The predicted octanol–water partition coefficient (Wildman–Crippen LogP) is 6.47. The maximum absolute atomic E-state index is 15.0. The summed E-state index contributed by atoms with van der Waals surface area (Å²) < 4.78 is 44.4. The second-order valence-electron chi connectivity index (χ2n) is 14.5. The van der Waals surface area contributed by atoms with Gasteiger partial charge in [0.25, 0.3) is 0 Å². The fourth-order valence-electron chi connectivity index (χ4n) is 7.36. The van der Waals surface area contributed by atoms with Crippen molar-refractivity contribution in [1.82, 2.24) is 0 Å². The van der Waals surface area contributed by atoms with Gasteiger partial charge in [0, 0.05) is 28.8 Å². The molecule has 5 atom stereocenters. The highest BCUT2D eigenvalue weighted by Gasteiger charge is 2.47. The Bertz CT molecular complexity index is 2600. The van der Waals surface area contributed by atoms with Crippen LogP contribution < -0.4 is 29.1 Å². The van der Waals surface area contributed by atoms with Crippen molar-refractivity contribution in [3.05, 3.63) is 184 Å². The van der Waals surface area contributed by atoms with Gasteiger partial charge in [-0.25, -0.2) is 0 Å². The first-order valence-corrected chi connectivity index (χ1v) is 19.4. The lowest BCUT2D eigenvalue weighted by Gasteiger charge is -2.39. The summed E-state index contributed by atoms with van der Waals surface area (Å²) in [5.74, 6) is -0.633. The van der Waals surface area contributed by atoms with Crippen molar-refractivity contribution in [3.63, 3.8) is 0 Å². The molecule has 60 heavy (non-hydrogen) atoms. The number of fused-ring (bicyclic) bond motifs is 2. The summed E-state index contributed by atoms with van der Waals surface area (Å²) in [6.07, 6.45) is -8.30. The standard InChI is InChI=1S/C48H40O12/c49-26-39-41(50)43(52)44(53)47(57-39)58-46-42(51)40-37(55-28-30-15-7-2-8-16-30)24-34(54-27-29-13-5-1-6-14-29)25-38(40)56-45(46)31-21-22-35-36(23-31)60-48(59-35,32-17-9-3-10-18-32)33-19-11-4-12-20-33/h1-25,39,41,43-44,47,49-50,52-53H,26-28H2/t39-,41-,43+,44-,47+/m1/s1. The van der Waals surface area contributed by atoms with Crippen molar-refractivity contribution in [1.29, 1.82) is 0 Å². The zero-order chi connectivity index (χ0) is 41.2. The highest BCUT2D eigenvalue weighted by atomic mass is 16.7. The molecule has 6 aromatic carbocycles. The molecule has 2 aliphatic rings. The average Bonchev–Trinajstić information content (AvgIpc) is 3.70. The second-order valence-corrected chi connectivity index (χ2v) is 14.5. The Kier molecular flexibility index (Phi) is 10.7. The molecule has 304 valence electrons. The van der Waals surface area contributed by atoms with Gasteiger partial charge < -0.3 is 53.3 Å². The molecule has 0 aliphatic carbocycles. The Labute approximate surface area is 343 Å². The lowest BCUT2D eigenvalue weighted by Crippen LogP contribution is -2.60. The van der Waals surface area contributed by atoms with E-state index in [0.29, 0.717) is 22.8 Å². The highest BCUT2D eigenvalue weighted by Crippen LogP contribution is 2.50. The van der Waals surface area contributed by atoms with Gasteiger partial charge in [-0.3, -0.25) is 4.79 Å². The van der Waals surface area contributed by atoms with Gasteiger partial charge in [0.05, 0.1) is 6.61 Å². The minimum absolute atomic E-state index is 0.00533. The fraction of sp³-hybridized carbons (Fsp3) is 0.188. The van der Waals surface area contributed by atoms with E-state index in [-0.39, 0.29) is 35.7 Å². The first-order valence-electron chi connectivity index (χ1n) is 19.4. The molecule has 1 aromatic heterocycles. The Morgan fingerprint density at radius 2 is 1.20 bits per heavy atom. The van der Waals surface area contributed by atoms with Crippen LogP contribution in [0, 0.1) is 0 Å². The zero-order valence-corrected chi connectivity index (χ0v) is 32.0. The zero-order valence-electron chi connectivity index (χ0n) is 32.0. The van der Waals surface area contributed by atoms with Gasteiger partial charge in [-0.15, -0.1) is 0 Å². The topological polar surface area (TPSA) is 167 Å². The van der Waals surface area contributed by atoms with Crippen LogP contribution in [0.4, 0.5) is 0 Å². The predicted molar refractivity (Wildman–Crippen MR) is 219 cm³/mol. The Morgan fingerprint density at radius 1 is 0.617 bits per heavy atom. The van der Waals surface area contributed by atoms with Crippen LogP contribution in [0.1, 0.15) is 22.3 Å². The number of aliphatic hydroxyl groups excluding tert-OH is 4. The summed E-state index contributed by atoms with van der Waals surface area (Å²) >= 11 is 0. The number of ether oxygens (including phenoxy) is 6. The number of hydrogen-bond acceptors (Lipinski definition) is 12. The molecule has 1 saturated heterocycles. The molecule has 2 aliphatic heterocycles. The van der Waals surface area contributed by atoms with E-state index in [1.807, 2.05) is 121 Å². The molecular weight excluding hydrogens is 769 g/mol. The molecule has 0 bridgehead atoms. The van der Waals surface area contributed by atoms with Crippen molar-refractivity contribution >= 4 is 11.0 Å². The first kappa shape index (κ1) is 38.8. The van der Waals surface area contributed by atoms with E-state index < -0.39 is 54.3 Å². The van der Waals surface area contributed by atoms with Crippen molar-refractivity contribution < 1.29 is 53.3 Å². The van der Waals surface area contributed by atoms with E-state index in [1.165, 1.54) is 0 Å². The van der Waals surface area contributed by atoms with Crippen LogP contribution in [-0.4, -0.2) is 57.7 Å². The first-order chi connectivity index (χ1) is 29.3. The quantitative estimate of drug-likeness (QED) is 0.107. The van der Waals surface area contributed by atoms with E-state index in [2.05, 4.69) is 0 Å². The third-order valence-electron chi connectivity index (χ3n) is 10.5. The minimum Gasteiger partial charge on any atom is -0.489 e. The highest BCUT2D eigenvalue weighted by molar-refractivity contribution is 5.89. The van der Waals surface area contributed by atoms with E-state index in [0.717, 1.165) is 22.3 Å². The smallest absolute Gasteiger partial charge is 0.305 e. The molecule has 0 radical (unpaired) electrons. The molecule has 3 heterocycles. The van der Waals surface area contributed by atoms with E-state index in [9.17, 15) is 25.2 Å². The summed E-state index contributed by atoms with van der Waals surface area (Å²) in [4.78, 5) is 15.0. The van der Waals surface area contributed by atoms with Gasteiger partial charge in [0.1, 0.15) is 60.1 Å². The van der Waals surface area contributed by atoms with Gasteiger partial charge in [-0.2, -0.15) is 0 Å². The molecule has 1 fully saturated rings. The minimum atomic E-state index is -1.83. The maximum Gasteiger partial charge on any atom is 0.305 e. The van der Waals surface area contributed by atoms with Crippen LogP contribution in [0.15, 0.2) is 161 Å². The lowest BCUT2D eigenvalue weighted by atomic mass is 9.97. The summed E-state index contributed by atoms with van der Waals surface area (Å²) in [5.41, 5.74) is 2.93. The molecule has 12 heteroatoms. The van der Waals surface area contributed by atoms with Crippen LogP contribution >= 0.6 is 0 Å². The van der Waals surface area contributed by atoms with Crippen LogP contribution in [0.3, 0.4) is 0 Å². The normalized spacial score (nSPS) is 20.4. The number of rotatable bonds is 12. The molecule has 0 spiro atoms. The third kappa shape index (κ3) is 7.43. The van der Waals surface area contributed by atoms with Crippen molar-refractivity contribution in [2.75, 3.05) is 6.61 Å². The Morgan fingerprint density at radius 3 is 1.82 bits per heavy atom. The Balaban J connectivity index is 1.19. The van der Waals surface area contributed by atoms with E-state index in [1.54, 1.807) is 30.3 Å². The molecule has 0 unspecified atom stereocenters. The molecule has 4 N–H and O–H groups in total. The fourth-order valence-corrected chi connectivity index (χ4v) is 7.36. The lowest BCUT2D eigenvalue weighted by molar-refractivity contribution is -0.277. The Hall–Kier alpha value is -6.67. The second kappa shape index (κ2) is 16.5. The van der Waals surface area contributed by atoms with Gasteiger partial charge in [-0.05, 0) is 29.3 Å². The van der Waals surface area contributed by atoms with Crippen molar-refractivity contribution in [3.8, 4) is 40.1 Å². The van der Waals surface area contributed by atoms with Gasteiger partial charge in [0.2, 0.25) is 17.5 Å². The molecule has 0 amide bonds. The van der Waals surface area contributed by atoms with E-state index >= 15 is 0 Å². The average molecular weight is 809 g/mol. The molecule has 7 aromatic rings. The summed E-state index contributed by atoms with van der Waals surface area (Å²) in [6.45, 7) is -0.401. The SMILES string of the molecule is O=c1c(O[C@@H]2O[C@H](CO)[C@@H](O)[C@H](O)[C@H]2O)c(-c2ccc3c(c2)OC(c2ccccc2)(c2ccccc2)O3)oc2cc(OCc3ccccc3)cc(OCc3ccccc3)c12. The molecule has 12 nitrogen and oxygen atoms in total. The van der Waals surface area contributed by atoms with Crippen LogP contribution in [0.2, 0.25) is 0 Å². The summed E-state index contributed by atoms with van der Waals surface area (Å²) in [7, 11) is 0. The van der Waals surface area contributed by atoms with Gasteiger partial charge in [-0.1, -0.05) is 121 Å². The van der Waals surface area contributed by atoms with Gasteiger partial charge in [0.15, 0.2) is 17.3 Å². The largest absolute Gasteiger partial charge is 0.489 e. The van der Waals surface area contributed by atoms with Crippen LogP contribution in [0.25, 0.3) is 22.3 Å². The monoisotopic (exact) mass is 808 g/mol. The maximum atomic E-state index is 15.0. The summed E-state index contributed by atoms with van der Waals surface area (Å²) in [5, 5.41) is 42.2. The molecule has 0 saturated carbocycles. The van der Waals surface area contributed by atoms with Crippen LogP contribution in [-0.2, 0) is 23.7 Å².